The van der Waals surface area contributed by atoms with Crippen LogP contribution in [0.2, 0.25) is 0 Å². The molecule has 3 aliphatic rings. The highest BCUT2D eigenvalue weighted by Crippen LogP contribution is 2.36. The number of amides is 3. The van der Waals surface area contributed by atoms with Gasteiger partial charge in [0.25, 0.3) is 0 Å². The molecule has 360 valence electrons. The highest BCUT2D eigenvalue weighted by molar-refractivity contribution is 6.22. The van der Waals surface area contributed by atoms with Crippen molar-refractivity contribution in [3.8, 4) is 0 Å². The van der Waals surface area contributed by atoms with Crippen LogP contribution in [0.25, 0.3) is 0 Å². The van der Waals surface area contributed by atoms with E-state index in [1.54, 1.807) is 32.6 Å². The molecule has 2 aromatic carbocycles. The number of aliphatic hydroxyl groups excluding tert-OH is 1. The number of rotatable bonds is 21. The summed E-state index contributed by atoms with van der Waals surface area (Å²) in [6, 6.07) is 16.2. The Balaban J connectivity index is 1.30. The number of carbonyl (C=O) groups excluding carboxylic acids is 6. The van der Waals surface area contributed by atoms with Crippen molar-refractivity contribution in [3.63, 3.8) is 0 Å². The van der Waals surface area contributed by atoms with Crippen LogP contribution in [0.4, 0.5) is 4.79 Å². The van der Waals surface area contributed by atoms with Crippen LogP contribution in [0.5, 0.6) is 0 Å². The van der Waals surface area contributed by atoms with Crippen LogP contribution in [-0.4, -0.2) is 113 Å². The van der Waals surface area contributed by atoms with Crippen LogP contribution >= 0.6 is 0 Å². The molecular formula is C53H74N4O9. The van der Waals surface area contributed by atoms with Crippen molar-refractivity contribution in [1.82, 2.24) is 15.1 Å². The van der Waals surface area contributed by atoms with Crippen LogP contribution < -0.4 is 5.32 Å². The molecule has 5 rings (SSSR count). The lowest BCUT2D eigenvalue weighted by Crippen LogP contribution is -2.49. The van der Waals surface area contributed by atoms with Gasteiger partial charge in [-0.3, -0.25) is 33.9 Å². The maximum atomic E-state index is 14.5. The molecule has 0 aromatic heterocycles. The zero-order valence-corrected chi connectivity index (χ0v) is 40.7. The second-order valence-corrected chi connectivity index (χ2v) is 20.8. The van der Waals surface area contributed by atoms with Crippen LogP contribution in [0.1, 0.15) is 123 Å². The van der Waals surface area contributed by atoms with E-state index in [0.717, 1.165) is 16.7 Å². The fraction of sp³-hybridized carbons (Fsp3) is 0.604. The number of carbonyl (C=O) groups is 6. The third-order valence-corrected chi connectivity index (χ3v) is 12.7. The smallest absolute Gasteiger partial charge is 0.410 e. The monoisotopic (exact) mass is 911 g/mol. The Labute approximate surface area is 392 Å². The Morgan fingerprint density at radius 2 is 1.56 bits per heavy atom. The van der Waals surface area contributed by atoms with E-state index in [1.807, 2.05) is 82.3 Å². The van der Waals surface area contributed by atoms with E-state index in [-0.39, 0.29) is 72.2 Å². The molecule has 3 atom stereocenters. The number of nitrogens with zero attached hydrogens (tertiary/aromatic N) is 3. The number of allylic oxidation sites excluding steroid dienone is 2. The number of ether oxygens (including phenoxy) is 2. The fourth-order valence-electron chi connectivity index (χ4n) is 9.40. The van der Waals surface area contributed by atoms with Crippen LogP contribution in [0.15, 0.2) is 70.9 Å². The number of benzene rings is 2. The lowest BCUT2D eigenvalue weighted by Gasteiger charge is -2.32. The maximum absolute atomic E-state index is 14.5. The zero-order valence-electron chi connectivity index (χ0n) is 40.7. The zero-order chi connectivity index (χ0) is 48.2. The molecule has 1 heterocycles. The predicted molar refractivity (Wildman–Crippen MR) is 255 cm³/mol. The van der Waals surface area contributed by atoms with Gasteiger partial charge in [0.2, 0.25) is 11.8 Å². The van der Waals surface area contributed by atoms with E-state index in [0.29, 0.717) is 95.5 Å². The van der Waals surface area contributed by atoms with Crippen LogP contribution in [0, 0.1) is 23.2 Å². The molecule has 1 aliphatic heterocycles. The Kier molecular flexibility index (Phi) is 18.5. The molecule has 3 amide bonds. The fourth-order valence-corrected chi connectivity index (χ4v) is 9.40. The standard InChI is InChI=1S/C53H74N4O9/c1-35(2)26-44(45(59)31-40(50(63)56-22-24-65-25-23-56)20-14-15-21-54-36(3)48-46(60)32-53(7,8)33-47(48)61)55-49(62)41(27-37-16-10-9-11-17-37)30-43(58)34-57(51(64)66-52(4,5)6)42-28-38-18-12-13-19-39(38)29-42/h9-13,16-19,35,40-42,44,60H,14-15,20-34H2,1-8H3,(H,55,62)/t40-,41-,44+/m0/s1. The van der Waals surface area contributed by atoms with Gasteiger partial charge in [-0.2, -0.15) is 0 Å². The number of aliphatic hydroxyl groups is 1. The number of aliphatic imine (C=N–C) groups is 1. The molecule has 1 saturated heterocycles. The van der Waals surface area contributed by atoms with E-state index < -0.39 is 35.5 Å². The van der Waals surface area contributed by atoms with Crippen molar-refractivity contribution in [2.24, 2.45) is 28.2 Å². The van der Waals surface area contributed by atoms with Crippen LogP contribution in [0.3, 0.4) is 0 Å². The number of fused-ring (bicyclic) bond motifs is 1. The summed E-state index contributed by atoms with van der Waals surface area (Å²) in [5, 5.41) is 13.7. The van der Waals surface area contributed by atoms with Gasteiger partial charge in [0.15, 0.2) is 17.3 Å². The third kappa shape index (κ3) is 15.5. The molecule has 0 unspecified atom stereocenters. The Morgan fingerprint density at radius 3 is 2.17 bits per heavy atom. The minimum absolute atomic E-state index is 0.0255. The first kappa shape index (κ1) is 51.8. The topological polar surface area (TPSA) is 172 Å². The van der Waals surface area contributed by atoms with Crippen molar-refractivity contribution >= 4 is 41.0 Å². The highest BCUT2D eigenvalue weighted by atomic mass is 16.6. The van der Waals surface area contributed by atoms with Gasteiger partial charge in [0, 0.05) is 68.9 Å². The normalized spacial score (nSPS) is 18.1. The van der Waals surface area contributed by atoms with E-state index >= 15 is 0 Å². The highest BCUT2D eigenvalue weighted by Gasteiger charge is 2.37. The SMILES string of the molecule is CC(=NCCCC[C@@H](CC(=O)[C@@H](CC(C)C)NC(=O)[C@H](CC(=O)CN(C(=O)OC(C)(C)C)C1Cc2ccccc2C1)Cc1ccccc1)C(=O)N1CCOCC1)C1=C(O)CC(C)(C)CC1=O. The van der Waals surface area contributed by atoms with E-state index in [9.17, 15) is 33.9 Å². The molecule has 0 saturated carbocycles. The van der Waals surface area contributed by atoms with E-state index in [2.05, 4.69) is 10.3 Å². The minimum Gasteiger partial charge on any atom is -0.511 e. The molecule has 2 aliphatic carbocycles. The van der Waals surface area contributed by atoms with Crippen molar-refractivity contribution in [1.29, 1.82) is 0 Å². The molecule has 13 nitrogen and oxygen atoms in total. The number of hydrogen-bond donors (Lipinski definition) is 2. The maximum Gasteiger partial charge on any atom is 0.410 e. The predicted octanol–water partition coefficient (Wildman–Crippen LogP) is 8.01. The summed E-state index contributed by atoms with van der Waals surface area (Å²) in [5.74, 6) is -2.60. The van der Waals surface area contributed by atoms with Crippen molar-refractivity contribution in [2.75, 3.05) is 39.4 Å². The number of nitrogens with one attached hydrogen (secondary N) is 1. The summed E-state index contributed by atoms with van der Waals surface area (Å²) >= 11 is 0. The second-order valence-electron chi connectivity index (χ2n) is 20.8. The average molecular weight is 911 g/mol. The Hall–Kier alpha value is -5.17. The molecule has 66 heavy (non-hydrogen) atoms. The summed E-state index contributed by atoms with van der Waals surface area (Å²) < 4.78 is 11.3. The van der Waals surface area contributed by atoms with Crippen molar-refractivity contribution in [3.05, 3.63) is 82.6 Å². The Morgan fingerprint density at radius 1 is 0.924 bits per heavy atom. The summed E-state index contributed by atoms with van der Waals surface area (Å²) in [6.45, 7) is 16.8. The third-order valence-electron chi connectivity index (χ3n) is 12.7. The first-order valence-electron chi connectivity index (χ1n) is 24.0. The average Bonchev–Trinajstić information content (AvgIpc) is 3.67. The molecule has 1 fully saturated rings. The molecular weight excluding hydrogens is 837 g/mol. The second kappa shape index (κ2) is 23.5. The van der Waals surface area contributed by atoms with Gasteiger partial charge >= 0.3 is 6.09 Å². The number of ketones is 3. The van der Waals surface area contributed by atoms with Crippen molar-refractivity contribution < 1.29 is 43.3 Å². The lowest BCUT2D eigenvalue weighted by molar-refractivity contribution is -0.142. The van der Waals surface area contributed by atoms with Gasteiger partial charge in [-0.05, 0) is 94.2 Å². The molecule has 0 radical (unpaired) electrons. The van der Waals surface area contributed by atoms with E-state index in [4.69, 9.17) is 9.47 Å². The minimum atomic E-state index is -0.896. The Bertz CT molecular complexity index is 2070. The van der Waals surface area contributed by atoms with Crippen LogP contribution in [-0.2, 0) is 52.7 Å². The van der Waals surface area contributed by atoms with Gasteiger partial charge in [-0.25, -0.2) is 4.79 Å². The van der Waals surface area contributed by atoms with Gasteiger partial charge in [-0.1, -0.05) is 88.7 Å². The number of Topliss-reactive ketones (excluding diaryl/α,β-unsaturated/α-hetero) is 3. The molecule has 2 N–H and O–H groups in total. The first-order chi connectivity index (χ1) is 31.2. The summed E-state index contributed by atoms with van der Waals surface area (Å²) in [6.07, 6.45) is 3.31. The summed E-state index contributed by atoms with van der Waals surface area (Å²) in [4.78, 5) is 91.6. The van der Waals surface area contributed by atoms with Gasteiger partial charge in [0.05, 0.1) is 31.4 Å². The number of unbranched alkanes of at least 4 members (excludes halogenated alkanes) is 1. The molecule has 0 spiro atoms. The largest absolute Gasteiger partial charge is 0.511 e. The molecule has 13 heteroatoms. The summed E-state index contributed by atoms with van der Waals surface area (Å²) in [5.41, 5.74) is 2.81. The van der Waals surface area contributed by atoms with Gasteiger partial charge in [0.1, 0.15) is 11.4 Å². The molecule has 2 aromatic rings. The number of hydrogen-bond acceptors (Lipinski definition) is 10. The van der Waals surface area contributed by atoms with Gasteiger partial charge < -0.3 is 24.8 Å². The summed E-state index contributed by atoms with van der Waals surface area (Å²) in [7, 11) is 0. The van der Waals surface area contributed by atoms with E-state index in [1.165, 1.54) is 4.90 Å². The van der Waals surface area contributed by atoms with Crippen molar-refractivity contribution in [2.45, 2.75) is 144 Å². The molecule has 0 bridgehead atoms. The van der Waals surface area contributed by atoms with Gasteiger partial charge in [-0.15, -0.1) is 0 Å². The first-order valence-corrected chi connectivity index (χ1v) is 24.0. The lowest BCUT2D eigenvalue weighted by atomic mass is 9.76. The quantitative estimate of drug-likeness (QED) is 0.0930. The number of morpholine rings is 1.